The smallest absolute Gasteiger partial charge is 2.00 e. The minimum atomic E-state index is 0. The summed E-state index contributed by atoms with van der Waals surface area (Å²) in [6, 6.07) is 0. The second kappa shape index (κ2) is 23.6. The van der Waals surface area contributed by atoms with Gasteiger partial charge in [-0.05, 0) is 0 Å². The second-order valence-corrected chi connectivity index (χ2v) is 0. The summed E-state index contributed by atoms with van der Waals surface area (Å²) in [6.07, 6.45) is 0. The van der Waals surface area contributed by atoms with Gasteiger partial charge in [0, 0.05) is 0 Å². The van der Waals surface area contributed by atoms with Gasteiger partial charge in [-0.2, -0.15) is 0 Å². The molecule has 9 valence electrons. The average Bonchev–Trinajstić information content (AvgIpc) is 0. The van der Waals surface area contributed by atoms with Crippen LogP contribution in [0.15, 0.2) is 0 Å². The van der Waals surface area contributed by atoms with Gasteiger partial charge in [-0.15, -0.1) is 0 Å². The van der Waals surface area contributed by atoms with Gasteiger partial charge in [-0.1, -0.05) is 0 Å². The molecule has 0 aliphatic heterocycles. The first-order valence-electron chi connectivity index (χ1n) is 0. The molecule has 0 atom stereocenters. The van der Waals surface area contributed by atoms with Gasteiger partial charge in [0.2, 0.25) is 0 Å². The monoisotopic (exact) mass is 474 g/mol. The van der Waals surface area contributed by atoms with Crippen LogP contribution in [0.3, 0.4) is 0 Å². The van der Waals surface area contributed by atoms with Crippen molar-refractivity contribution in [2.75, 3.05) is 0 Å². The van der Waals surface area contributed by atoms with Crippen molar-refractivity contribution < 1.29 is 142 Å². The van der Waals surface area contributed by atoms with E-state index in [9.17, 15) is 0 Å². The SMILES string of the molecule is [Ce+3].[La+3].[O-2].[Y+3].[Zr+4]. The van der Waals surface area contributed by atoms with Crippen LogP contribution in [0.1, 0.15) is 0 Å². The molecule has 0 heterocycles. The van der Waals surface area contributed by atoms with E-state index in [-0.39, 0.29) is 142 Å². The van der Waals surface area contributed by atoms with Crippen molar-refractivity contribution in [3.8, 4) is 0 Å². The van der Waals surface area contributed by atoms with E-state index in [0.717, 1.165) is 0 Å². The molecule has 0 N–H and O–H groups in total. The first kappa shape index (κ1) is 33.8. The third kappa shape index (κ3) is 17.7. The van der Waals surface area contributed by atoms with Crippen molar-refractivity contribution >= 4 is 0 Å². The molecule has 0 amide bonds. The van der Waals surface area contributed by atoms with E-state index in [1.807, 2.05) is 0 Å². The molecule has 0 aliphatic carbocycles. The molecule has 0 saturated carbocycles. The van der Waals surface area contributed by atoms with E-state index >= 15 is 0 Å². The van der Waals surface area contributed by atoms with Crippen LogP contribution in [-0.2, 0) is 64.4 Å². The van der Waals surface area contributed by atoms with Gasteiger partial charge in [0.05, 0.1) is 0 Å². The molecule has 0 saturated heterocycles. The molecular formula is CeLaOYZr+11. The van der Waals surface area contributed by atoms with Gasteiger partial charge >= 0.3 is 136 Å². The van der Waals surface area contributed by atoms with Crippen molar-refractivity contribution in [1.82, 2.24) is 0 Å². The number of rotatable bonds is 0. The molecule has 0 bridgehead atoms. The van der Waals surface area contributed by atoms with E-state index in [2.05, 4.69) is 0 Å². The van der Waals surface area contributed by atoms with E-state index < -0.39 is 0 Å². The zero-order valence-electron chi connectivity index (χ0n) is 2.56. The predicted molar refractivity (Wildman–Crippen MR) is 0.686 cm³/mol. The summed E-state index contributed by atoms with van der Waals surface area (Å²) in [4.78, 5) is 0. The van der Waals surface area contributed by atoms with Gasteiger partial charge in [-0.25, -0.2) is 0 Å². The molecule has 0 rings (SSSR count). The second-order valence-electron chi connectivity index (χ2n) is 0. The topological polar surface area (TPSA) is 28.5 Å². The molecule has 0 aromatic carbocycles. The van der Waals surface area contributed by atoms with E-state index in [4.69, 9.17) is 0 Å². The standard InChI is InChI=1S/Ce.La.O.Y.Zr/q2*+3;-2;+3;+4. The molecule has 1 radical (unpaired) electrons. The fourth-order valence-electron chi connectivity index (χ4n) is 0. The summed E-state index contributed by atoms with van der Waals surface area (Å²) in [5.74, 6) is 0. The van der Waals surface area contributed by atoms with Crippen LogP contribution >= 0.6 is 0 Å². The quantitative estimate of drug-likeness (QED) is 0.468. The molecular weight excluding hydrogens is 475 g/mol. The van der Waals surface area contributed by atoms with Gasteiger partial charge in [-0.3, -0.25) is 0 Å². The van der Waals surface area contributed by atoms with E-state index in [0.29, 0.717) is 0 Å². The van der Waals surface area contributed by atoms with Crippen molar-refractivity contribution in [1.29, 1.82) is 0 Å². The Kier molecular flexibility index (Phi) is 160. The maximum atomic E-state index is 0. The molecule has 0 aromatic heterocycles. The normalized spacial score (nSPS) is 0. The van der Waals surface area contributed by atoms with Gasteiger partial charge in [0.25, 0.3) is 0 Å². The maximum Gasteiger partial charge on any atom is 4.00 e. The maximum absolute atomic E-state index is 0. The average molecular weight is 475 g/mol. The van der Waals surface area contributed by atoms with Crippen LogP contribution in [0.2, 0.25) is 0 Å². The van der Waals surface area contributed by atoms with Crippen molar-refractivity contribution in [2.24, 2.45) is 0 Å². The molecule has 0 spiro atoms. The van der Waals surface area contributed by atoms with Gasteiger partial charge in [0.1, 0.15) is 0 Å². The Morgan fingerprint density at radius 1 is 1.00 bits per heavy atom. The molecule has 0 fully saturated rings. The Balaban J connectivity index is 0. The predicted octanol–water partition coefficient (Wildman–Crippen LogP) is -0.124. The summed E-state index contributed by atoms with van der Waals surface area (Å²) >= 11 is 0. The summed E-state index contributed by atoms with van der Waals surface area (Å²) in [6.45, 7) is 0. The van der Waals surface area contributed by atoms with Crippen LogP contribution in [0.25, 0.3) is 0 Å². The third-order valence-corrected chi connectivity index (χ3v) is 0. The summed E-state index contributed by atoms with van der Waals surface area (Å²) < 4.78 is 0. The molecule has 5 heteroatoms. The Bertz CT molecular complexity index is 11.6. The minimum absolute atomic E-state index is 0. The Hall–Kier alpha value is 4.52. The van der Waals surface area contributed by atoms with E-state index in [1.165, 1.54) is 0 Å². The zero-order valence-corrected chi connectivity index (χ0v) is 14.6. The summed E-state index contributed by atoms with van der Waals surface area (Å²) in [7, 11) is 0. The molecule has 0 aromatic rings. The molecule has 1 nitrogen and oxygen atoms in total. The van der Waals surface area contributed by atoms with Gasteiger partial charge in [0.15, 0.2) is 0 Å². The van der Waals surface area contributed by atoms with Crippen molar-refractivity contribution in [2.45, 2.75) is 0 Å². The van der Waals surface area contributed by atoms with Gasteiger partial charge < -0.3 is 5.48 Å². The zero-order chi connectivity index (χ0) is 0. The fraction of sp³-hybridized carbons (Fsp3) is 0. The number of hydrogen-bond acceptors (Lipinski definition) is 0. The molecule has 0 unspecified atom stereocenters. The first-order valence-corrected chi connectivity index (χ1v) is 0. The van der Waals surface area contributed by atoms with Crippen LogP contribution in [0.4, 0.5) is 0 Å². The minimum Gasteiger partial charge on any atom is -2.00 e. The fourth-order valence-corrected chi connectivity index (χ4v) is 0. The first-order chi connectivity index (χ1) is 0. The largest absolute Gasteiger partial charge is 4.00 e. The molecule has 5 heavy (non-hydrogen) atoms. The van der Waals surface area contributed by atoms with Crippen LogP contribution < -0.4 is 0 Å². The molecule has 0 aliphatic rings. The Morgan fingerprint density at radius 2 is 1.00 bits per heavy atom. The Morgan fingerprint density at radius 3 is 1.00 bits per heavy atom. The van der Waals surface area contributed by atoms with Crippen LogP contribution in [-0.4, -0.2) is 0 Å². The van der Waals surface area contributed by atoms with Crippen LogP contribution in [0, 0.1) is 77.3 Å². The summed E-state index contributed by atoms with van der Waals surface area (Å²) in [5.41, 5.74) is 0. The van der Waals surface area contributed by atoms with Crippen molar-refractivity contribution in [3.63, 3.8) is 0 Å². The number of hydrogen-bond donors (Lipinski definition) is 0. The van der Waals surface area contributed by atoms with Crippen LogP contribution in [0.5, 0.6) is 0 Å². The Labute approximate surface area is 137 Å². The van der Waals surface area contributed by atoms with E-state index in [1.54, 1.807) is 0 Å². The summed E-state index contributed by atoms with van der Waals surface area (Å²) in [5, 5.41) is 0. The van der Waals surface area contributed by atoms with Crippen molar-refractivity contribution in [3.05, 3.63) is 0 Å². The third-order valence-electron chi connectivity index (χ3n) is 0.